The van der Waals surface area contributed by atoms with Crippen molar-refractivity contribution in [2.45, 2.75) is 0 Å². The zero-order chi connectivity index (χ0) is 15.2. The van der Waals surface area contributed by atoms with Crippen molar-refractivity contribution < 1.29 is 76.3 Å². The fourth-order valence-electron chi connectivity index (χ4n) is 0. The fourth-order valence-corrected chi connectivity index (χ4v) is 0. The number of halogens is 3. The van der Waals surface area contributed by atoms with E-state index in [0.29, 0.717) is 6.26 Å². The molecule has 0 rings (SSSR count). The SMILES string of the molecule is CS(=O)(=O)O.OB(O)F.OB(O)F.OB(O)F.[H-].[Li+]. The monoisotopic (exact) mass is 296 g/mol. The molecule has 0 bridgehead atoms. The average Bonchev–Trinajstić information content (AvgIpc) is 1.73. The second-order valence-electron chi connectivity index (χ2n) is 1.66. The Kier molecular flexibility index (Phi) is 33.7. The van der Waals surface area contributed by atoms with Crippen LogP contribution in [0.15, 0.2) is 0 Å². The van der Waals surface area contributed by atoms with Crippen molar-refractivity contribution in [3.05, 3.63) is 0 Å². The second kappa shape index (κ2) is 19.6. The Hall–Kier alpha value is 0.252. The van der Waals surface area contributed by atoms with Gasteiger partial charge < -0.3 is 31.6 Å². The molecule has 0 amide bonds. The topological polar surface area (TPSA) is 176 Å². The van der Waals surface area contributed by atoms with Gasteiger partial charge in [-0.05, 0) is 0 Å². The van der Waals surface area contributed by atoms with Crippen LogP contribution in [-0.2, 0) is 10.1 Å². The van der Waals surface area contributed by atoms with Crippen molar-refractivity contribution in [2.75, 3.05) is 6.26 Å². The van der Waals surface area contributed by atoms with Crippen LogP contribution in [0, 0.1) is 0 Å². The first-order valence-corrected chi connectivity index (χ1v) is 4.98. The molecule has 0 heterocycles. The Morgan fingerprint density at radius 1 is 0.833 bits per heavy atom. The van der Waals surface area contributed by atoms with Gasteiger partial charge in [-0.1, -0.05) is 0 Å². The van der Waals surface area contributed by atoms with Gasteiger partial charge in [0.2, 0.25) is 0 Å². The zero-order valence-corrected chi connectivity index (χ0v) is 10.0. The molecule has 0 radical (unpaired) electrons. The Bertz CT molecular complexity index is 200. The molecular weight excluding hydrogens is 284 g/mol. The van der Waals surface area contributed by atoms with Crippen LogP contribution in [0.1, 0.15) is 1.43 Å². The largest absolute Gasteiger partial charge is 1.00 e. The minimum atomic E-state index is -3.67. The molecule has 0 saturated heterocycles. The third-order valence-electron chi connectivity index (χ3n) is 0. The van der Waals surface area contributed by atoms with E-state index < -0.39 is 32.3 Å². The summed E-state index contributed by atoms with van der Waals surface area (Å²) in [4.78, 5) is 0. The smallest absolute Gasteiger partial charge is 1.00 e. The minimum absolute atomic E-state index is 0. The van der Waals surface area contributed by atoms with Gasteiger partial charge in [-0.25, -0.2) is 0 Å². The molecule has 0 aliphatic heterocycles. The van der Waals surface area contributed by atoms with Gasteiger partial charge in [-0.2, -0.15) is 8.42 Å². The van der Waals surface area contributed by atoms with Crippen molar-refractivity contribution >= 4 is 32.3 Å². The van der Waals surface area contributed by atoms with E-state index in [0.717, 1.165) is 0 Å². The normalized spacial score (nSPS) is 7.72. The third kappa shape index (κ3) is 59400. The van der Waals surface area contributed by atoms with Gasteiger partial charge in [0.15, 0.2) is 0 Å². The standard InChI is InChI=1S/CH4O3S.3BFH2O2.Li.H/c1-5(2,3)4;3*2-1(3)4;;/h1H3,(H,2,3,4);3*3-4H;;/q;;;;+1;-1. The van der Waals surface area contributed by atoms with E-state index in [1.54, 1.807) is 0 Å². The van der Waals surface area contributed by atoms with Crippen LogP contribution in [0.4, 0.5) is 12.9 Å². The third-order valence-corrected chi connectivity index (χ3v) is 0. The van der Waals surface area contributed by atoms with Crippen LogP contribution in [0.2, 0.25) is 0 Å². The van der Waals surface area contributed by atoms with Gasteiger partial charge in [0.05, 0.1) is 6.26 Å². The predicted octanol–water partition coefficient (Wildman–Crippen LogP) is -6.60. The van der Waals surface area contributed by atoms with Crippen LogP contribution in [0.5, 0.6) is 0 Å². The predicted molar refractivity (Wildman–Crippen MR) is 52.5 cm³/mol. The van der Waals surface area contributed by atoms with Gasteiger partial charge in [0.1, 0.15) is 0 Å². The molecule has 17 heteroatoms. The number of hydrogen-bond donors (Lipinski definition) is 7. The van der Waals surface area contributed by atoms with Crippen LogP contribution in [0.25, 0.3) is 0 Å². The molecule has 0 aromatic carbocycles. The van der Waals surface area contributed by atoms with Gasteiger partial charge >= 0.3 is 41.0 Å². The first-order chi connectivity index (χ1) is 7.20. The van der Waals surface area contributed by atoms with E-state index in [1.165, 1.54) is 0 Å². The van der Waals surface area contributed by atoms with Crippen molar-refractivity contribution in [2.24, 2.45) is 0 Å². The summed E-state index contributed by atoms with van der Waals surface area (Å²) in [6.07, 6.45) is 0.715. The van der Waals surface area contributed by atoms with Gasteiger partial charge in [-0.3, -0.25) is 17.5 Å². The minimum Gasteiger partial charge on any atom is -1.00 e. The summed E-state index contributed by atoms with van der Waals surface area (Å²) in [5, 5.41) is 41.7. The molecule has 0 fully saturated rings. The summed E-state index contributed by atoms with van der Waals surface area (Å²) in [6, 6.07) is 0. The van der Waals surface area contributed by atoms with E-state index in [1.807, 2.05) is 0 Å². The molecule has 0 aliphatic rings. The van der Waals surface area contributed by atoms with Gasteiger partial charge in [0, 0.05) is 0 Å². The molecule has 0 atom stereocenters. The Morgan fingerprint density at radius 2 is 0.833 bits per heavy atom. The maximum atomic E-state index is 10.1. The van der Waals surface area contributed by atoms with Crippen molar-refractivity contribution in [3.8, 4) is 0 Å². The van der Waals surface area contributed by atoms with E-state index in [9.17, 15) is 21.4 Å². The zero-order valence-electron chi connectivity index (χ0n) is 10.2. The molecule has 0 unspecified atom stereocenters. The fraction of sp³-hybridized carbons (Fsp3) is 1.00. The molecule has 0 aliphatic carbocycles. The molecule has 7 N–H and O–H groups in total. The first-order valence-electron chi connectivity index (χ1n) is 3.13. The van der Waals surface area contributed by atoms with Crippen LogP contribution in [-0.4, -0.2) is 71.6 Å². The summed E-state index contributed by atoms with van der Waals surface area (Å²) in [5.41, 5.74) is 0. The molecule has 106 valence electrons. The molecule has 0 spiro atoms. The molecule has 0 saturated carbocycles. The summed E-state index contributed by atoms with van der Waals surface area (Å²) in [7, 11) is -11.7. The van der Waals surface area contributed by atoms with Crippen molar-refractivity contribution in [1.82, 2.24) is 0 Å². The van der Waals surface area contributed by atoms with Crippen LogP contribution >= 0.6 is 0 Å². The Balaban J connectivity index is -0.0000000288. The molecule has 0 aromatic heterocycles. The summed E-state index contributed by atoms with van der Waals surface area (Å²) in [5.74, 6) is 0. The van der Waals surface area contributed by atoms with Gasteiger partial charge in [0.25, 0.3) is 10.1 Å². The summed E-state index contributed by atoms with van der Waals surface area (Å²) < 4.78 is 56.2. The first kappa shape index (κ1) is 30.9. The van der Waals surface area contributed by atoms with E-state index in [2.05, 4.69) is 0 Å². The summed E-state index contributed by atoms with van der Waals surface area (Å²) >= 11 is 0. The van der Waals surface area contributed by atoms with Crippen molar-refractivity contribution in [3.63, 3.8) is 0 Å². The van der Waals surface area contributed by atoms with Crippen LogP contribution in [0.3, 0.4) is 0 Å². The molecular formula is CH11B3F3LiO9S. The number of hydrogen-bond acceptors (Lipinski definition) is 8. The second-order valence-corrected chi connectivity index (χ2v) is 3.13. The molecule has 9 nitrogen and oxygen atoms in total. The van der Waals surface area contributed by atoms with Crippen LogP contribution < -0.4 is 18.9 Å². The summed E-state index contributed by atoms with van der Waals surface area (Å²) in [6.45, 7) is 0. The molecule has 18 heavy (non-hydrogen) atoms. The quantitative estimate of drug-likeness (QED) is 0.169. The average molecular weight is 296 g/mol. The van der Waals surface area contributed by atoms with E-state index in [-0.39, 0.29) is 20.3 Å². The van der Waals surface area contributed by atoms with E-state index >= 15 is 0 Å². The molecule has 0 aromatic rings. The van der Waals surface area contributed by atoms with Gasteiger partial charge in [-0.15, -0.1) is 0 Å². The maximum Gasteiger partial charge on any atom is 1.00 e. The maximum absolute atomic E-state index is 10.1. The van der Waals surface area contributed by atoms with E-state index in [4.69, 9.17) is 34.7 Å². The Labute approximate surface area is 115 Å². The van der Waals surface area contributed by atoms with Crippen molar-refractivity contribution in [1.29, 1.82) is 0 Å². The number of rotatable bonds is 0. The Morgan fingerprint density at radius 3 is 0.833 bits per heavy atom.